The smallest absolute Gasteiger partial charge is 0.267 e. The molecule has 2 fully saturated rings. The van der Waals surface area contributed by atoms with Gasteiger partial charge in [0.1, 0.15) is 11.5 Å². The summed E-state index contributed by atoms with van der Waals surface area (Å²) in [6.45, 7) is 3.44. The summed E-state index contributed by atoms with van der Waals surface area (Å²) < 4.78 is 0. The number of primary amides is 1. The Morgan fingerprint density at radius 3 is 2.70 bits per heavy atom. The summed E-state index contributed by atoms with van der Waals surface area (Å²) in [5.41, 5.74) is 6.43. The monoisotopic (exact) mass is 316 g/mol. The van der Waals surface area contributed by atoms with Crippen molar-refractivity contribution in [3.05, 3.63) is 23.3 Å². The van der Waals surface area contributed by atoms with Crippen LogP contribution in [-0.4, -0.2) is 39.8 Å². The molecule has 0 aromatic carbocycles. The highest BCUT2D eigenvalue weighted by Gasteiger charge is 2.32. The van der Waals surface area contributed by atoms with Gasteiger partial charge in [-0.05, 0) is 51.0 Å². The fourth-order valence-corrected chi connectivity index (χ4v) is 3.50. The van der Waals surface area contributed by atoms with E-state index in [1.807, 2.05) is 4.90 Å². The molecule has 3 rings (SSSR count). The van der Waals surface area contributed by atoms with E-state index in [4.69, 9.17) is 5.73 Å². The Morgan fingerprint density at radius 2 is 2.04 bits per heavy atom. The van der Waals surface area contributed by atoms with E-state index in [0.717, 1.165) is 50.9 Å². The van der Waals surface area contributed by atoms with Gasteiger partial charge in [0.15, 0.2) is 0 Å². The number of carbonyl (C=O) groups excluding carboxylic acids is 2. The first-order valence-corrected chi connectivity index (χ1v) is 8.46. The highest BCUT2D eigenvalue weighted by atomic mass is 16.2. The van der Waals surface area contributed by atoms with Crippen molar-refractivity contribution < 1.29 is 9.59 Å². The Kier molecular flexibility index (Phi) is 4.59. The molecule has 2 heterocycles. The van der Waals surface area contributed by atoms with Crippen LogP contribution in [0.2, 0.25) is 0 Å². The van der Waals surface area contributed by atoms with Crippen molar-refractivity contribution in [2.45, 2.75) is 45.4 Å². The van der Waals surface area contributed by atoms with Gasteiger partial charge in [-0.25, -0.2) is 9.97 Å². The van der Waals surface area contributed by atoms with Gasteiger partial charge in [-0.1, -0.05) is 6.42 Å². The van der Waals surface area contributed by atoms with Crippen LogP contribution in [0.15, 0.2) is 6.07 Å². The van der Waals surface area contributed by atoms with Crippen molar-refractivity contribution in [2.24, 2.45) is 17.6 Å². The molecule has 0 bridgehead atoms. The Hall–Kier alpha value is -1.98. The fourth-order valence-electron chi connectivity index (χ4n) is 3.50. The van der Waals surface area contributed by atoms with Crippen LogP contribution in [0.4, 0.5) is 0 Å². The second kappa shape index (κ2) is 6.64. The summed E-state index contributed by atoms with van der Waals surface area (Å²) in [6.07, 6.45) is 6.17. The predicted molar refractivity (Wildman–Crippen MR) is 85.6 cm³/mol. The van der Waals surface area contributed by atoms with Crippen LogP contribution in [0.1, 0.15) is 54.1 Å². The first-order chi connectivity index (χ1) is 11.0. The third-order valence-corrected chi connectivity index (χ3v) is 4.93. The van der Waals surface area contributed by atoms with Crippen LogP contribution in [0.3, 0.4) is 0 Å². The predicted octanol–water partition coefficient (Wildman–Crippen LogP) is 1.47. The average molecular weight is 316 g/mol. The van der Waals surface area contributed by atoms with E-state index in [1.54, 1.807) is 13.0 Å². The van der Waals surface area contributed by atoms with Gasteiger partial charge in [0.05, 0.1) is 0 Å². The third-order valence-electron chi connectivity index (χ3n) is 4.93. The summed E-state index contributed by atoms with van der Waals surface area (Å²) in [5.74, 6) is 1.02. The minimum Gasteiger partial charge on any atom is -0.364 e. The minimum absolute atomic E-state index is 0.261. The average Bonchev–Trinajstić information content (AvgIpc) is 2.45. The van der Waals surface area contributed by atoms with Gasteiger partial charge in [-0.3, -0.25) is 9.59 Å². The normalized spacial score (nSPS) is 21.8. The molecule has 1 aliphatic heterocycles. The summed E-state index contributed by atoms with van der Waals surface area (Å²) in [5, 5.41) is 0. The molecule has 0 unspecified atom stereocenters. The molecule has 0 radical (unpaired) electrons. The molecular weight excluding hydrogens is 292 g/mol. The van der Waals surface area contributed by atoms with Crippen LogP contribution >= 0.6 is 0 Å². The molecule has 1 atom stereocenters. The largest absolute Gasteiger partial charge is 0.364 e. The van der Waals surface area contributed by atoms with Gasteiger partial charge >= 0.3 is 0 Å². The first kappa shape index (κ1) is 15.9. The molecule has 0 spiro atoms. The van der Waals surface area contributed by atoms with Crippen molar-refractivity contribution in [3.8, 4) is 0 Å². The van der Waals surface area contributed by atoms with E-state index >= 15 is 0 Å². The maximum absolute atomic E-state index is 12.4. The van der Waals surface area contributed by atoms with Gasteiger partial charge in [0.2, 0.25) is 5.91 Å². The number of piperidine rings is 1. The highest BCUT2D eigenvalue weighted by molar-refractivity contribution is 5.90. The molecule has 6 heteroatoms. The van der Waals surface area contributed by atoms with E-state index in [9.17, 15) is 9.59 Å². The number of hydrogen-bond donors (Lipinski definition) is 1. The molecule has 23 heavy (non-hydrogen) atoms. The fraction of sp³-hybridized carbons (Fsp3) is 0.647. The Bertz CT molecular complexity index is 613. The van der Waals surface area contributed by atoms with Crippen LogP contribution in [0, 0.1) is 18.8 Å². The van der Waals surface area contributed by atoms with Crippen molar-refractivity contribution in [3.63, 3.8) is 0 Å². The summed E-state index contributed by atoms with van der Waals surface area (Å²) in [7, 11) is 0. The summed E-state index contributed by atoms with van der Waals surface area (Å²) in [4.78, 5) is 34.3. The second-order valence-corrected chi connectivity index (χ2v) is 6.78. The Morgan fingerprint density at radius 1 is 1.26 bits per heavy atom. The molecule has 6 nitrogen and oxygen atoms in total. The number of likely N-dealkylation sites (tertiary alicyclic amines) is 1. The van der Waals surface area contributed by atoms with Gasteiger partial charge in [0, 0.05) is 24.7 Å². The molecule has 124 valence electrons. The Balaban J connectivity index is 1.65. The lowest BCUT2D eigenvalue weighted by Crippen LogP contribution is -2.45. The third kappa shape index (κ3) is 3.68. The first-order valence-electron chi connectivity index (χ1n) is 8.46. The zero-order valence-electron chi connectivity index (χ0n) is 13.6. The maximum Gasteiger partial charge on any atom is 0.267 e. The number of carbonyl (C=O) groups is 2. The highest BCUT2D eigenvalue weighted by Crippen LogP contribution is 2.30. The Labute approximate surface area is 136 Å². The van der Waals surface area contributed by atoms with Crippen LogP contribution in [-0.2, 0) is 11.2 Å². The van der Waals surface area contributed by atoms with Crippen molar-refractivity contribution in [2.75, 3.05) is 13.1 Å². The molecule has 1 aromatic heterocycles. The zero-order valence-corrected chi connectivity index (χ0v) is 13.6. The lowest BCUT2D eigenvalue weighted by molar-refractivity contribution is -0.140. The molecule has 1 aliphatic carbocycles. The van der Waals surface area contributed by atoms with E-state index in [-0.39, 0.29) is 11.6 Å². The number of aryl methyl sites for hydroxylation is 1. The summed E-state index contributed by atoms with van der Waals surface area (Å²) >= 11 is 0. The molecule has 2 N–H and O–H groups in total. The number of nitrogens with two attached hydrogens (primary N) is 1. The van der Waals surface area contributed by atoms with E-state index in [2.05, 4.69) is 9.97 Å². The quantitative estimate of drug-likeness (QED) is 0.911. The topological polar surface area (TPSA) is 89.2 Å². The van der Waals surface area contributed by atoms with Crippen LogP contribution in [0.25, 0.3) is 0 Å². The van der Waals surface area contributed by atoms with Crippen molar-refractivity contribution in [1.29, 1.82) is 0 Å². The minimum atomic E-state index is -0.526. The number of amides is 2. The van der Waals surface area contributed by atoms with Crippen molar-refractivity contribution in [1.82, 2.24) is 14.9 Å². The molecular formula is C17H24N4O2. The van der Waals surface area contributed by atoms with Gasteiger partial charge in [-0.15, -0.1) is 0 Å². The second-order valence-electron chi connectivity index (χ2n) is 6.78. The molecule has 2 aliphatic rings. The molecule has 1 saturated carbocycles. The lowest BCUT2D eigenvalue weighted by Gasteiger charge is -2.37. The van der Waals surface area contributed by atoms with Crippen LogP contribution < -0.4 is 5.73 Å². The van der Waals surface area contributed by atoms with E-state index in [1.165, 1.54) is 6.42 Å². The van der Waals surface area contributed by atoms with E-state index < -0.39 is 5.91 Å². The lowest BCUT2D eigenvalue weighted by atomic mass is 9.83. The van der Waals surface area contributed by atoms with Gasteiger partial charge in [-0.2, -0.15) is 0 Å². The molecule has 1 aromatic rings. The maximum atomic E-state index is 12.4. The number of hydrogen-bond acceptors (Lipinski definition) is 4. The van der Waals surface area contributed by atoms with Crippen LogP contribution in [0.5, 0.6) is 0 Å². The number of rotatable bonds is 4. The SMILES string of the molecule is Cc1nc(C[C@H]2CCCN(C(=O)C3CCC3)C2)cc(C(N)=O)n1. The number of nitrogens with zero attached hydrogens (tertiary/aromatic N) is 3. The van der Waals surface area contributed by atoms with Gasteiger partial charge < -0.3 is 10.6 Å². The molecule has 2 amide bonds. The summed E-state index contributed by atoms with van der Waals surface area (Å²) in [6, 6.07) is 1.68. The van der Waals surface area contributed by atoms with Gasteiger partial charge in [0.25, 0.3) is 5.91 Å². The van der Waals surface area contributed by atoms with Crippen molar-refractivity contribution >= 4 is 11.8 Å². The standard InChI is InChI=1S/C17H24N4O2/c1-11-19-14(9-15(20-11)16(18)22)8-12-4-3-7-21(10-12)17(23)13-5-2-6-13/h9,12-13H,2-8,10H2,1H3,(H2,18,22)/t12-/m1/s1. The van der Waals surface area contributed by atoms with E-state index in [0.29, 0.717) is 17.6 Å². The molecule has 1 saturated heterocycles. The zero-order chi connectivity index (χ0) is 16.4. The number of aromatic nitrogens is 2.